The number of benzene rings is 2. The lowest BCUT2D eigenvalue weighted by Crippen LogP contribution is -2.35. The van der Waals surface area contributed by atoms with Crippen LogP contribution < -0.4 is 9.46 Å². The van der Waals surface area contributed by atoms with Gasteiger partial charge in [-0.05, 0) is 56.1 Å². The van der Waals surface area contributed by atoms with E-state index in [1.165, 1.54) is 24.3 Å². The van der Waals surface area contributed by atoms with Gasteiger partial charge in [-0.25, -0.2) is 13.1 Å². The first-order chi connectivity index (χ1) is 12.6. The van der Waals surface area contributed by atoms with Crippen LogP contribution in [0.3, 0.4) is 0 Å². The Kier molecular flexibility index (Phi) is 7.41. The van der Waals surface area contributed by atoms with Crippen molar-refractivity contribution in [2.45, 2.75) is 17.5 Å². The van der Waals surface area contributed by atoms with Crippen molar-refractivity contribution in [3.05, 3.63) is 58.1 Å². The van der Waals surface area contributed by atoms with Gasteiger partial charge in [-0.2, -0.15) is 8.78 Å². The summed E-state index contributed by atoms with van der Waals surface area (Å²) in [5.41, 5.74) is 0.638. The Hall–Kier alpha value is -1.45. The second-order valence-electron chi connectivity index (χ2n) is 5.96. The van der Waals surface area contributed by atoms with Crippen LogP contribution in [0.5, 0.6) is 5.75 Å². The van der Waals surface area contributed by atoms with Crippen LogP contribution in [0.2, 0.25) is 10.0 Å². The summed E-state index contributed by atoms with van der Waals surface area (Å²) in [5, 5.41) is 0.673. The average molecular weight is 439 g/mol. The fourth-order valence-electron chi connectivity index (χ4n) is 2.36. The molecule has 2 aromatic rings. The van der Waals surface area contributed by atoms with Crippen LogP contribution >= 0.6 is 23.2 Å². The normalized spacial score (nSPS) is 13.2. The van der Waals surface area contributed by atoms with Gasteiger partial charge in [0, 0.05) is 6.54 Å². The lowest BCUT2D eigenvalue weighted by molar-refractivity contribution is -0.0498. The van der Waals surface area contributed by atoms with Crippen molar-refractivity contribution in [1.29, 1.82) is 0 Å². The Morgan fingerprint density at radius 1 is 1.07 bits per heavy atom. The van der Waals surface area contributed by atoms with E-state index in [4.69, 9.17) is 23.2 Å². The number of halogens is 4. The molecular weight excluding hydrogens is 421 g/mol. The van der Waals surface area contributed by atoms with Gasteiger partial charge in [0.05, 0.1) is 21.0 Å². The number of nitrogens with one attached hydrogen (secondary N) is 1. The molecule has 0 heterocycles. The number of hydrogen-bond acceptors (Lipinski definition) is 4. The Labute approximate surface area is 166 Å². The third-order valence-electron chi connectivity index (χ3n) is 3.55. The number of ether oxygens (including phenoxy) is 1. The first-order valence-electron chi connectivity index (χ1n) is 7.75. The first kappa shape index (κ1) is 21.8. The maximum absolute atomic E-state index is 12.7. The fraction of sp³-hybridized carbons (Fsp3) is 0.294. The van der Waals surface area contributed by atoms with Crippen molar-refractivity contribution < 1.29 is 21.9 Å². The topological polar surface area (TPSA) is 58.6 Å². The van der Waals surface area contributed by atoms with Gasteiger partial charge in [0.15, 0.2) is 0 Å². The zero-order valence-electron chi connectivity index (χ0n) is 14.5. The van der Waals surface area contributed by atoms with Gasteiger partial charge in [0.25, 0.3) is 0 Å². The number of nitrogens with zero attached hydrogens (tertiary/aromatic N) is 1. The van der Waals surface area contributed by atoms with Gasteiger partial charge in [0.2, 0.25) is 10.0 Å². The molecule has 5 nitrogen and oxygen atoms in total. The van der Waals surface area contributed by atoms with Crippen molar-refractivity contribution in [3.63, 3.8) is 0 Å². The molecule has 0 saturated carbocycles. The highest BCUT2D eigenvalue weighted by Crippen LogP contribution is 2.27. The van der Waals surface area contributed by atoms with Gasteiger partial charge >= 0.3 is 6.61 Å². The summed E-state index contributed by atoms with van der Waals surface area (Å²) in [4.78, 5) is 1.74. The molecule has 0 aliphatic carbocycles. The van der Waals surface area contributed by atoms with Crippen LogP contribution in [0.4, 0.5) is 8.78 Å². The van der Waals surface area contributed by atoms with E-state index < -0.39 is 22.7 Å². The minimum Gasteiger partial charge on any atom is -0.435 e. The van der Waals surface area contributed by atoms with E-state index in [0.717, 1.165) is 0 Å². The van der Waals surface area contributed by atoms with Gasteiger partial charge in [0.1, 0.15) is 5.75 Å². The van der Waals surface area contributed by atoms with E-state index in [2.05, 4.69) is 9.46 Å². The zero-order chi connectivity index (χ0) is 20.2. The molecule has 2 aromatic carbocycles. The molecule has 10 heteroatoms. The molecule has 1 atom stereocenters. The highest BCUT2D eigenvalue weighted by atomic mass is 35.5. The van der Waals surface area contributed by atoms with Crippen LogP contribution in [-0.2, 0) is 10.0 Å². The van der Waals surface area contributed by atoms with E-state index >= 15 is 0 Å². The number of alkyl halides is 2. The van der Waals surface area contributed by atoms with Crippen molar-refractivity contribution in [1.82, 2.24) is 9.62 Å². The zero-order valence-corrected chi connectivity index (χ0v) is 16.8. The molecule has 0 aromatic heterocycles. The monoisotopic (exact) mass is 438 g/mol. The minimum absolute atomic E-state index is 0.0760. The largest absolute Gasteiger partial charge is 0.435 e. The molecule has 2 rings (SSSR count). The van der Waals surface area contributed by atoms with Crippen molar-refractivity contribution >= 4 is 33.2 Å². The first-order valence-corrected chi connectivity index (χ1v) is 9.99. The standard InChI is InChI=1S/C17H18Cl2F2N2O3S/c1-23(2)10-16(11-3-8-14(18)15(19)9-11)22-27(24,25)13-6-4-12(5-7-13)26-17(20)21/h3-9,16-17,22H,10H2,1-2H3. The number of hydrogen-bond donors (Lipinski definition) is 1. The Balaban J connectivity index is 2.28. The minimum atomic E-state index is -3.92. The quantitative estimate of drug-likeness (QED) is 0.671. The Bertz CT molecular complexity index is 878. The van der Waals surface area contributed by atoms with Crippen LogP contribution in [0.1, 0.15) is 11.6 Å². The van der Waals surface area contributed by atoms with Gasteiger partial charge in [-0.15, -0.1) is 0 Å². The third-order valence-corrected chi connectivity index (χ3v) is 5.78. The van der Waals surface area contributed by atoms with E-state index in [0.29, 0.717) is 22.2 Å². The summed E-state index contributed by atoms with van der Waals surface area (Å²) < 4.78 is 56.7. The second-order valence-corrected chi connectivity index (χ2v) is 8.49. The smallest absolute Gasteiger partial charge is 0.387 e. The van der Waals surface area contributed by atoms with E-state index in [1.807, 2.05) is 4.90 Å². The summed E-state index contributed by atoms with van der Waals surface area (Å²) in [5.74, 6) is -0.127. The highest BCUT2D eigenvalue weighted by molar-refractivity contribution is 7.89. The van der Waals surface area contributed by atoms with Gasteiger partial charge in [-0.1, -0.05) is 29.3 Å². The van der Waals surface area contributed by atoms with E-state index in [1.54, 1.807) is 32.3 Å². The lowest BCUT2D eigenvalue weighted by atomic mass is 10.1. The lowest BCUT2D eigenvalue weighted by Gasteiger charge is -2.23. The van der Waals surface area contributed by atoms with E-state index in [-0.39, 0.29) is 10.6 Å². The van der Waals surface area contributed by atoms with Crippen molar-refractivity contribution in [2.24, 2.45) is 0 Å². The number of rotatable bonds is 8. The van der Waals surface area contributed by atoms with E-state index in [9.17, 15) is 17.2 Å². The predicted octanol–water partition coefficient (Wildman–Crippen LogP) is 4.18. The fourth-order valence-corrected chi connectivity index (χ4v) is 3.88. The maximum atomic E-state index is 12.7. The summed E-state index contributed by atoms with van der Waals surface area (Å²) in [6.45, 7) is -2.62. The molecule has 1 unspecified atom stereocenters. The summed E-state index contributed by atoms with van der Waals surface area (Å²) in [7, 11) is -0.315. The van der Waals surface area contributed by atoms with Crippen LogP contribution in [0, 0.1) is 0 Å². The molecule has 0 aliphatic rings. The Morgan fingerprint density at radius 2 is 1.70 bits per heavy atom. The van der Waals surface area contributed by atoms with Crippen LogP contribution in [0.15, 0.2) is 47.4 Å². The molecule has 0 aliphatic heterocycles. The molecule has 1 N–H and O–H groups in total. The summed E-state index contributed by atoms with van der Waals surface area (Å²) in [6, 6.07) is 9.00. The molecule has 0 amide bonds. The molecule has 0 radical (unpaired) electrons. The van der Waals surface area contributed by atoms with Crippen molar-refractivity contribution in [3.8, 4) is 5.75 Å². The summed E-state index contributed by atoms with van der Waals surface area (Å²) >= 11 is 12.0. The molecule has 0 saturated heterocycles. The molecular formula is C17H18Cl2F2N2O3S. The average Bonchev–Trinajstić information content (AvgIpc) is 2.56. The predicted molar refractivity (Wildman–Crippen MR) is 101 cm³/mol. The third kappa shape index (κ3) is 6.29. The van der Waals surface area contributed by atoms with Gasteiger partial charge < -0.3 is 9.64 Å². The highest BCUT2D eigenvalue weighted by Gasteiger charge is 2.23. The maximum Gasteiger partial charge on any atom is 0.387 e. The number of likely N-dealkylation sites (N-methyl/N-ethyl adjacent to an activating group) is 1. The Morgan fingerprint density at radius 3 is 2.22 bits per heavy atom. The number of sulfonamides is 1. The molecule has 148 valence electrons. The second kappa shape index (κ2) is 9.16. The molecule has 0 spiro atoms. The molecule has 0 fully saturated rings. The molecule has 0 bridgehead atoms. The van der Waals surface area contributed by atoms with Crippen LogP contribution in [0.25, 0.3) is 0 Å². The van der Waals surface area contributed by atoms with Gasteiger partial charge in [-0.3, -0.25) is 0 Å². The summed E-state index contributed by atoms with van der Waals surface area (Å²) in [6.07, 6.45) is 0. The SMILES string of the molecule is CN(C)CC(NS(=O)(=O)c1ccc(OC(F)F)cc1)c1ccc(Cl)c(Cl)c1. The molecule has 27 heavy (non-hydrogen) atoms. The van der Waals surface area contributed by atoms with Crippen molar-refractivity contribution in [2.75, 3.05) is 20.6 Å². The van der Waals surface area contributed by atoms with Crippen LogP contribution in [-0.4, -0.2) is 40.6 Å².